The zero-order valence-electron chi connectivity index (χ0n) is 15.1. The summed E-state index contributed by atoms with van der Waals surface area (Å²) in [5.41, 5.74) is 1.03. The summed E-state index contributed by atoms with van der Waals surface area (Å²) in [7, 11) is 0. The van der Waals surface area contributed by atoms with Gasteiger partial charge in [-0.05, 0) is 42.7 Å². The molecule has 0 atom stereocenters. The molecule has 0 saturated heterocycles. The molecule has 8 heteroatoms. The van der Waals surface area contributed by atoms with Gasteiger partial charge in [0.2, 0.25) is 5.91 Å². The lowest BCUT2D eigenvalue weighted by molar-refractivity contribution is -0.136. The van der Waals surface area contributed by atoms with E-state index in [0.29, 0.717) is 15.7 Å². The number of hydrogen-bond acceptors (Lipinski definition) is 5. The Balaban J connectivity index is 2.01. The quantitative estimate of drug-likeness (QED) is 0.277. The van der Waals surface area contributed by atoms with E-state index < -0.39 is 24.2 Å². The fraction of sp³-hybridized carbons (Fsp3) is 0.150. The number of nitrogens with one attached hydrogen (secondary N) is 1. The Morgan fingerprint density at radius 2 is 1.96 bits per heavy atom. The van der Waals surface area contributed by atoms with E-state index in [1.165, 1.54) is 43.0 Å². The van der Waals surface area contributed by atoms with Gasteiger partial charge in [-0.15, -0.1) is 11.8 Å². The summed E-state index contributed by atoms with van der Waals surface area (Å²) in [6.45, 7) is 0.906. The minimum Gasteiger partial charge on any atom is -0.454 e. The van der Waals surface area contributed by atoms with E-state index in [-0.39, 0.29) is 11.5 Å². The third-order valence-electron chi connectivity index (χ3n) is 3.53. The molecule has 0 heterocycles. The molecule has 2 rings (SSSR count). The normalized spacial score (nSPS) is 10.7. The Kier molecular flexibility index (Phi) is 7.95. The van der Waals surface area contributed by atoms with Crippen LogP contribution in [0.15, 0.2) is 51.8 Å². The molecule has 1 N–H and O–H groups in total. The van der Waals surface area contributed by atoms with Crippen molar-refractivity contribution in [3.8, 4) is 0 Å². The molecule has 2 aromatic carbocycles. The largest absolute Gasteiger partial charge is 0.454 e. The van der Waals surface area contributed by atoms with Crippen LogP contribution in [0, 0.1) is 5.82 Å². The molecule has 0 spiro atoms. The third kappa shape index (κ3) is 6.31. The van der Waals surface area contributed by atoms with E-state index in [1.807, 2.05) is 6.26 Å². The van der Waals surface area contributed by atoms with Crippen molar-refractivity contribution >= 4 is 57.1 Å². The predicted octanol–water partition coefficient (Wildman–Crippen LogP) is 4.71. The van der Waals surface area contributed by atoms with Gasteiger partial charge in [-0.2, -0.15) is 0 Å². The molecule has 28 heavy (non-hydrogen) atoms. The number of hydrogen-bond donors (Lipinski definition) is 1. The lowest BCUT2D eigenvalue weighted by Crippen LogP contribution is -2.14. The molecule has 0 aliphatic heterocycles. The van der Waals surface area contributed by atoms with Crippen molar-refractivity contribution in [2.45, 2.75) is 11.8 Å². The minimum atomic E-state index is -0.768. The molecule has 0 unspecified atom stereocenters. The second kappa shape index (κ2) is 10.2. The van der Waals surface area contributed by atoms with Gasteiger partial charge in [0, 0.05) is 33.5 Å². The first-order valence-electron chi connectivity index (χ1n) is 8.09. The molecule has 0 fully saturated rings. The smallest absolute Gasteiger partial charge is 0.331 e. The second-order valence-corrected chi connectivity index (χ2v) is 7.39. The Hall–Kier alpha value is -2.45. The lowest BCUT2D eigenvalue weighted by atomic mass is 10.1. The van der Waals surface area contributed by atoms with Crippen LogP contribution in [-0.4, -0.2) is 30.5 Å². The van der Waals surface area contributed by atoms with E-state index in [2.05, 4.69) is 21.2 Å². The van der Waals surface area contributed by atoms with E-state index in [4.69, 9.17) is 4.74 Å². The highest BCUT2D eigenvalue weighted by molar-refractivity contribution is 9.10. The summed E-state index contributed by atoms with van der Waals surface area (Å²) in [6, 6.07) is 9.17. The van der Waals surface area contributed by atoms with Crippen LogP contribution in [0.1, 0.15) is 22.8 Å². The van der Waals surface area contributed by atoms with E-state index in [1.54, 1.807) is 18.2 Å². The Morgan fingerprint density at radius 3 is 2.64 bits per heavy atom. The van der Waals surface area contributed by atoms with Gasteiger partial charge in [-0.25, -0.2) is 9.18 Å². The topological polar surface area (TPSA) is 72.5 Å². The molecule has 0 radical (unpaired) electrons. The number of thioether (sulfide) groups is 1. The maximum absolute atomic E-state index is 13.6. The molecular weight excluding hydrogens is 449 g/mol. The van der Waals surface area contributed by atoms with Gasteiger partial charge in [0.05, 0.1) is 5.69 Å². The molecule has 1 amide bonds. The number of benzene rings is 2. The first-order chi connectivity index (χ1) is 13.3. The monoisotopic (exact) mass is 465 g/mol. The van der Waals surface area contributed by atoms with Crippen molar-refractivity contribution in [1.82, 2.24) is 0 Å². The van der Waals surface area contributed by atoms with Gasteiger partial charge in [0.25, 0.3) is 0 Å². The van der Waals surface area contributed by atoms with Crippen LogP contribution in [-0.2, 0) is 14.3 Å². The molecule has 0 aromatic heterocycles. The maximum atomic E-state index is 13.6. The summed E-state index contributed by atoms with van der Waals surface area (Å²) in [4.78, 5) is 36.2. The van der Waals surface area contributed by atoms with E-state index in [9.17, 15) is 18.8 Å². The van der Waals surface area contributed by atoms with Crippen molar-refractivity contribution in [3.05, 3.63) is 63.9 Å². The summed E-state index contributed by atoms with van der Waals surface area (Å²) >= 11 is 4.65. The average molecular weight is 466 g/mol. The van der Waals surface area contributed by atoms with Crippen LogP contribution in [0.3, 0.4) is 0 Å². The number of carbonyl (C=O) groups is 3. The highest BCUT2D eigenvalue weighted by atomic mass is 79.9. The van der Waals surface area contributed by atoms with Gasteiger partial charge in [-0.1, -0.05) is 22.0 Å². The van der Waals surface area contributed by atoms with Crippen LogP contribution in [0.2, 0.25) is 0 Å². The van der Waals surface area contributed by atoms with Crippen molar-refractivity contribution in [2.75, 3.05) is 18.2 Å². The Morgan fingerprint density at radius 1 is 1.21 bits per heavy atom. The highest BCUT2D eigenvalue weighted by Gasteiger charge is 2.12. The zero-order chi connectivity index (χ0) is 20.7. The van der Waals surface area contributed by atoms with Gasteiger partial charge < -0.3 is 10.1 Å². The van der Waals surface area contributed by atoms with Crippen molar-refractivity contribution in [3.63, 3.8) is 0 Å². The number of anilines is 1. The molecule has 0 aliphatic carbocycles. The van der Waals surface area contributed by atoms with Crippen molar-refractivity contribution in [1.29, 1.82) is 0 Å². The first kappa shape index (κ1) is 21.8. The molecule has 146 valence electrons. The zero-order valence-corrected chi connectivity index (χ0v) is 17.5. The molecule has 0 aliphatic rings. The number of esters is 1. The maximum Gasteiger partial charge on any atom is 0.331 e. The fourth-order valence-electron chi connectivity index (χ4n) is 2.24. The number of halogens is 2. The van der Waals surface area contributed by atoms with Gasteiger partial charge in [0.15, 0.2) is 12.4 Å². The SMILES string of the molecule is CSc1ccc(C(=O)COC(=O)/C=C/c2cc(Br)ccc2F)cc1NC(C)=O. The summed E-state index contributed by atoms with van der Waals surface area (Å²) in [5.74, 6) is -1.93. The van der Waals surface area contributed by atoms with Crippen LogP contribution in [0.4, 0.5) is 10.1 Å². The number of carbonyl (C=O) groups excluding carboxylic acids is 3. The molecule has 0 bridgehead atoms. The number of amides is 1. The van der Waals surface area contributed by atoms with E-state index >= 15 is 0 Å². The second-order valence-electron chi connectivity index (χ2n) is 5.63. The van der Waals surface area contributed by atoms with Crippen LogP contribution < -0.4 is 5.32 Å². The average Bonchev–Trinajstić information content (AvgIpc) is 2.66. The predicted molar refractivity (Wildman–Crippen MR) is 111 cm³/mol. The van der Waals surface area contributed by atoms with Gasteiger partial charge in [-0.3, -0.25) is 9.59 Å². The summed E-state index contributed by atoms with van der Waals surface area (Å²) < 4.78 is 19.2. The van der Waals surface area contributed by atoms with Gasteiger partial charge >= 0.3 is 5.97 Å². The van der Waals surface area contributed by atoms with Crippen molar-refractivity contribution in [2.24, 2.45) is 0 Å². The Labute approximate surface area is 174 Å². The van der Waals surface area contributed by atoms with Crippen LogP contribution in [0.25, 0.3) is 6.08 Å². The van der Waals surface area contributed by atoms with Gasteiger partial charge in [0.1, 0.15) is 5.82 Å². The summed E-state index contributed by atoms with van der Waals surface area (Å²) in [6.07, 6.45) is 4.18. The highest BCUT2D eigenvalue weighted by Crippen LogP contribution is 2.26. The number of ether oxygens (including phenoxy) is 1. The number of Topliss-reactive ketones (excluding diaryl/α,β-unsaturated/α-hetero) is 1. The van der Waals surface area contributed by atoms with Crippen molar-refractivity contribution < 1.29 is 23.5 Å². The fourth-order valence-corrected chi connectivity index (χ4v) is 3.15. The Bertz CT molecular complexity index is 946. The number of rotatable bonds is 7. The molecule has 2 aromatic rings. The number of ketones is 1. The van der Waals surface area contributed by atoms with Crippen LogP contribution in [0.5, 0.6) is 0 Å². The molecule has 0 saturated carbocycles. The minimum absolute atomic E-state index is 0.213. The third-order valence-corrected chi connectivity index (χ3v) is 4.82. The first-order valence-corrected chi connectivity index (χ1v) is 10.1. The van der Waals surface area contributed by atoms with Crippen LogP contribution >= 0.6 is 27.7 Å². The standard InChI is InChI=1S/C20H17BrFNO4S/c1-12(24)23-17-10-14(3-7-19(17)28-2)18(25)11-27-20(26)8-4-13-9-15(21)5-6-16(13)22/h3-10H,11H2,1-2H3,(H,23,24)/b8-4+. The summed E-state index contributed by atoms with van der Waals surface area (Å²) in [5, 5.41) is 2.66. The lowest BCUT2D eigenvalue weighted by Gasteiger charge is -2.10. The van der Waals surface area contributed by atoms with E-state index in [0.717, 1.165) is 11.0 Å². The molecule has 5 nitrogen and oxygen atoms in total. The molecular formula is C20H17BrFNO4S.